The third-order valence-corrected chi connectivity index (χ3v) is 4.23. The van der Waals surface area contributed by atoms with Gasteiger partial charge in [-0.25, -0.2) is 9.59 Å². The van der Waals surface area contributed by atoms with E-state index in [1.165, 1.54) is 25.1 Å². The van der Waals surface area contributed by atoms with Crippen LogP contribution in [0.4, 0.5) is 9.59 Å². The summed E-state index contributed by atoms with van der Waals surface area (Å²) in [6, 6.07) is 2.73. The zero-order chi connectivity index (χ0) is 27.1. The first kappa shape index (κ1) is 29.7. The van der Waals surface area contributed by atoms with E-state index in [4.69, 9.17) is 29.4 Å². The number of carbonyl (C=O) groups excluding carboxylic acids is 3. The van der Waals surface area contributed by atoms with E-state index in [1.54, 1.807) is 48.5 Å². The lowest BCUT2D eigenvalue weighted by atomic mass is 9.87. The van der Waals surface area contributed by atoms with Crippen molar-refractivity contribution >= 4 is 24.2 Å². The number of carboxylic acids is 1. The van der Waals surface area contributed by atoms with Gasteiger partial charge < -0.3 is 34.5 Å². The molecule has 0 aliphatic carbocycles. The van der Waals surface area contributed by atoms with Crippen LogP contribution < -0.4 is 15.2 Å². The van der Waals surface area contributed by atoms with E-state index >= 15 is 0 Å². The van der Waals surface area contributed by atoms with Crippen LogP contribution in [0.5, 0.6) is 11.5 Å². The van der Waals surface area contributed by atoms with E-state index in [-0.39, 0.29) is 17.9 Å². The van der Waals surface area contributed by atoms with Crippen molar-refractivity contribution in [3.8, 4) is 11.5 Å². The number of nitrogens with two attached hydrogens (primary N) is 1. The molecule has 3 atom stereocenters. The first-order chi connectivity index (χ1) is 15.9. The highest BCUT2D eigenvalue weighted by Gasteiger charge is 2.30. The second kappa shape index (κ2) is 11.9. The molecule has 0 aliphatic heterocycles. The molecule has 0 radical (unpaired) electrons. The van der Waals surface area contributed by atoms with Crippen LogP contribution in [0.2, 0.25) is 0 Å². The summed E-state index contributed by atoms with van der Waals surface area (Å²) in [5.41, 5.74) is 4.55. The molecule has 0 amide bonds. The summed E-state index contributed by atoms with van der Waals surface area (Å²) in [6.07, 6.45) is -2.71. The molecule has 3 N–H and O–H groups in total. The Morgan fingerprint density at radius 1 is 0.914 bits per heavy atom. The maximum absolute atomic E-state index is 12.3. The van der Waals surface area contributed by atoms with Gasteiger partial charge in [-0.15, -0.1) is 0 Å². The van der Waals surface area contributed by atoms with Crippen molar-refractivity contribution in [3.63, 3.8) is 0 Å². The van der Waals surface area contributed by atoms with Gasteiger partial charge in [0.1, 0.15) is 17.2 Å². The molecule has 196 valence electrons. The summed E-state index contributed by atoms with van der Waals surface area (Å²) in [7, 11) is 0. The molecule has 0 fully saturated rings. The quantitative estimate of drug-likeness (QED) is 0.301. The number of aliphatic carboxylic acids is 1. The van der Waals surface area contributed by atoms with Gasteiger partial charge in [-0.05, 0) is 72.6 Å². The van der Waals surface area contributed by atoms with Crippen molar-refractivity contribution < 1.29 is 48.0 Å². The van der Waals surface area contributed by atoms with Gasteiger partial charge in [-0.2, -0.15) is 0 Å². The highest BCUT2D eigenvalue weighted by molar-refractivity contribution is 5.75. The maximum Gasteiger partial charge on any atom is 0.514 e. The van der Waals surface area contributed by atoms with Crippen LogP contribution in [0, 0.1) is 0 Å². The highest BCUT2D eigenvalue weighted by atomic mass is 16.8. The Morgan fingerprint density at radius 2 is 1.40 bits per heavy atom. The van der Waals surface area contributed by atoms with Crippen molar-refractivity contribution in [2.24, 2.45) is 5.73 Å². The van der Waals surface area contributed by atoms with E-state index in [2.05, 4.69) is 0 Å². The Balaban J connectivity index is 3.41. The number of hydrogen-bond acceptors (Lipinski definition) is 10. The zero-order valence-corrected chi connectivity index (χ0v) is 21.4. The summed E-state index contributed by atoms with van der Waals surface area (Å²) in [6.45, 7) is 12.7. The second-order valence-electron chi connectivity index (χ2n) is 9.97. The van der Waals surface area contributed by atoms with Crippen LogP contribution in [0.3, 0.4) is 0 Å². The smallest absolute Gasteiger partial charge is 0.480 e. The Bertz CT molecular complexity index is 929. The van der Waals surface area contributed by atoms with Gasteiger partial charge in [0, 0.05) is 12.8 Å². The minimum atomic E-state index is -1.37. The van der Waals surface area contributed by atoms with Gasteiger partial charge in [0.05, 0.1) is 6.10 Å². The molecule has 0 aromatic heterocycles. The number of esters is 1. The van der Waals surface area contributed by atoms with E-state index < -0.39 is 53.5 Å². The predicted molar refractivity (Wildman–Crippen MR) is 124 cm³/mol. The van der Waals surface area contributed by atoms with E-state index in [0.29, 0.717) is 5.56 Å². The molecular weight excluding hydrogens is 462 g/mol. The molecule has 35 heavy (non-hydrogen) atoms. The minimum absolute atomic E-state index is 0.0607. The van der Waals surface area contributed by atoms with Crippen molar-refractivity contribution in [2.45, 2.75) is 91.1 Å². The van der Waals surface area contributed by atoms with Gasteiger partial charge in [-0.1, -0.05) is 6.07 Å². The fourth-order valence-corrected chi connectivity index (χ4v) is 2.99. The molecule has 2 unspecified atom stereocenters. The predicted octanol–water partition coefficient (Wildman–Crippen LogP) is 4.15. The largest absolute Gasteiger partial charge is 0.514 e. The molecule has 0 bridgehead atoms. The summed E-state index contributed by atoms with van der Waals surface area (Å²) in [5.74, 6) is -3.04. The van der Waals surface area contributed by atoms with Crippen molar-refractivity contribution in [2.75, 3.05) is 0 Å². The van der Waals surface area contributed by atoms with Gasteiger partial charge in [-0.3, -0.25) is 9.59 Å². The van der Waals surface area contributed by atoms with Crippen LogP contribution in [0.15, 0.2) is 18.2 Å². The number of rotatable bonds is 8. The van der Waals surface area contributed by atoms with Crippen molar-refractivity contribution in [1.29, 1.82) is 0 Å². The average Bonchev–Trinajstić information content (AvgIpc) is 2.63. The molecule has 11 nitrogen and oxygen atoms in total. The number of carboxylic acid groups (broad SMARTS) is 1. The third kappa shape index (κ3) is 11.1. The van der Waals surface area contributed by atoms with Gasteiger partial charge >= 0.3 is 24.2 Å². The Morgan fingerprint density at radius 3 is 1.83 bits per heavy atom. The van der Waals surface area contributed by atoms with Crippen LogP contribution in [-0.4, -0.2) is 52.7 Å². The molecule has 0 saturated heterocycles. The topological polar surface area (TPSA) is 161 Å². The molecule has 0 saturated carbocycles. The Labute approximate surface area is 204 Å². The highest BCUT2D eigenvalue weighted by Crippen LogP contribution is 2.35. The Kier molecular flexibility index (Phi) is 10.1. The number of benzene rings is 1. The molecule has 0 heterocycles. The van der Waals surface area contributed by atoms with E-state index in [1.807, 2.05) is 0 Å². The van der Waals surface area contributed by atoms with Gasteiger partial charge in [0.15, 0.2) is 11.5 Å². The lowest BCUT2D eigenvalue weighted by Crippen LogP contribution is -2.38. The van der Waals surface area contributed by atoms with Crippen LogP contribution >= 0.6 is 0 Å². The summed E-state index contributed by atoms with van der Waals surface area (Å²) in [4.78, 5) is 47.5. The summed E-state index contributed by atoms with van der Waals surface area (Å²) < 4.78 is 25.9. The second-order valence-corrected chi connectivity index (χ2v) is 9.97. The van der Waals surface area contributed by atoms with E-state index in [9.17, 15) is 24.3 Å². The normalized spacial score (nSPS) is 14.2. The van der Waals surface area contributed by atoms with E-state index in [0.717, 1.165) is 0 Å². The molecule has 0 aliphatic rings. The van der Waals surface area contributed by atoms with Crippen LogP contribution in [0.25, 0.3) is 0 Å². The standard InChI is InChI=1S/C24H35NO10/c1-13(31-14(2)26)11-16(19(25)20(27)28)15-9-10-17(32-21(29)34-23(3,4)5)18(12-15)33-22(30)35-24(6,7)8/h9-10,12-13,16,19H,11,25H2,1-8H3,(H,27,28)/t13?,16?,19-/m0/s1. The molecule has 11 heteroatoms. The number of ether oxygens (including phenoxy) is 5. The lowest BCUT2D eigenvalue weighted by Gasteiger charge is -2.25. The fourth-order valence-electron chi connectivity index (χ4n) is 2.99. The summed E-state index contributed by atoms with van der Waals surface area (Å²) in [5, 5.41) is 9.51. The van der Waals surface area contributed by atoms with Crippen LogP contribution in [-0.2, 0) is 23.8 Å². The van der Waals surface area contributed by atoms with Crippen LogP contribution in [0.1, 0.15) is 73.3 Å². The third-order valence-electron chi connectivity index (χ3n) is 4.23. The number of hydrogen-bond donors (Lipinski definition) is 2. The van der Waals surface area contributed by atoms with Crippen molar-refractivity contribution in [3.05, 3.63) is 23.8 Å². The average molecular weight is 498 g/mol. The zero-order valence-electron chi connectivity index (χ0n) is 21.4. The number of carbonyl (C=O) groups is 4. The van der Waals surface area contributed by atoms with Crippen molar-refractivity contribution in [1.82, 2.24) is 0 Å². The monoisotopic (exact) mass is 497 g/mol. The first-order valence-electron chi connectivity index (χ1n) is 11.0. The molecule has 0 spiro atoms. The van der Waals surface area contributed by atoms with Gasteiger partial charge in [0.25, 0.3) is 0 Å². The van der Waals surface area contributed by atoms with Gasteiger partial charge in [0.2, 0.25) is 0 Å². The minimum Gasteiger partial charge on any atom is -0.480 e. The molecule has 1 aromatic rings. The SMILES string of the molecule is CC(=O)OC(C)CC(c1ccc(OC(=O)OC(C)(C)C)c(OC(=O)OC(C)(C)C)c1)[C@H](N)C(=O)O. The first-order valence-corrected chi connectivity index (χ1v) is 11.0. The molecular formula is C24H35NO10. The molecule has 1 rings (SSSR count). The molecule has 1 aromatic carbocycles. The Hall–Kier alpha value is -3.34. The fraction of sp³-hybridized carbons (Fsp3) is 0.583. The summed E-state index contributed by atoms with van der Waals surface area (Å²) >= 11 is 0. The lowest BCUT2D eigenvalue weighted by molar-refractivity contribution is -0.146. The maximum atomic E-state index is 12.3.